The van der Waals surface area contributed by atoms with Crippen LogP contribution in [0.2, 0.25) is 5.02 Å². The van der Waals surface area contributed by atoms with E-state index < -0.39 is 0 Å². The van der Waals surface area contributed by atoms with Crippen LogP contribution in [0.25, 0.3) is 10.9 Å². The van der Waals surface area contributed by atoms with Crippen molar-refractivity contribution in [3.8, 4) is 0 Å². The smallest absolute Gasteiger partial charge is 0.267 e. The number of aromatic amines is 1. The predicted molar refractivity (Wildman–Crippen MR) is 129 cm³/mol. The first-order chi connectivity index (χ1) is 15.5. The first-order valence-corrected chi connectivity index (χ1v) is 12.2. The fourth-order valence-electron chi connectivity index (χ4n) is 4.91. The van der Waals surface area contributed by atoms with Crippen molar-refractivity contribution >= 4 is 40.5 Å². The molecule has 2 heterocycles. The molecule has 2 N–H and O–H groups in total. The van der Waals surface area contributed by atoms with Gasteiger partial charge in [0.15, 0.2) is 0 Å². The second-order valence-corrected chi connectivity index (χ2v) is 9.84. The van der Waals surface area contributed by atoms with Gasteiger partial charge in [-0.2, -0.15) is 0 Å². The Hall–Kier alpha value is -2.18. The number of benzene rings is 1. The van der Waals surface area contributed by atoms with Crippen molar-refractivity contribution in [1.82, 2.24) is 15.2 Å². The van der Waals surface area contributed by atoms with Crippen molar-refractivity contribution in [1.29, 1.82) is 0 Å². The molecular formula is C25H33ClN4O2. The summed E-state index contributed by atoms with van der Waals surface area (Å²) in [6.07, 6.45) is 9.60. The number of H-pyrrole nitrogens is 1. The number of fused-ring (bicyclic) bond motifs is 1. The first-order valence-electron chi connectivity index (χ1n) is 11.8. The molecule has 2 aromatic rings. The molecule has 2 atom stereocenters. The first kappa shape index (κ1) is 23.0. The Morgan fingerprint density at radius 2 is 1.97 bits per heavy atom. The number of carbonyl (C=O) groups excluding carboxylic acids is 2. The summed E-state index contributed by atoms with van der Waals surface area (Å²) in [5.41, 5.74) is 1.41. The molecule has 1 aromatic carbocycles. The van der Waals surface area contributed by atoms with Gasteiger partial charge in [0.2, 0.25) is 5.91 Å². The molecule has 2 amide bonds. The molecule has 0 spiro atoms. The lowest BCUT2D eigenvalue weighted by molar-refractivity contribution is -0.118. The third-order valence-corrected chi connectivity index (χ3v) is 7.21. The molecule has 1 saturated carbocycles. The standard InChI is InChI=1S/C25H33ClN4O2/c1-30-12-10-17(11-13-30)6-9-24(31)27-16-18-4-2-3-5-21(18)29-25(32)23-15-19-14-20(26)7-8-22(19)28-23/h7-8,14-18,21,28H,2-6,9-13H2,1H3,(H,29,32)/t18?,21-/m0/s1. The number of aromatic nitrogens is 1. The van der Waals surface area contributed by atoms with Crippen LogP contribution in [0.4, 0.5) is 0 Å². The lowest BCUT2D eigenvalue weighted by atomic mass is 9.85. The number of hydrogen-bond donors (Lipinski definition) is 2. The molecule has 172 valence electrons. The molecule has 1 aliphatic carbocycles. The fourth-order valence-corrected chi connectivity index (χ4v) is 5.09. The lowest BCUT2D eigenvalue weighted by Gasteiger charge is -2.29. The van der Waals surface area contributed by atoms with Crippen molar-refractivity contribution in [2.24, 2.45) is 16.8 Å². The average molecular weight is 457 g/mol. The van der Waals surface area contributed by atoms with Gasteiger partial charge in [-0.05, 0) is 82.4 Å². The largest absolute Gasteiger partial charge is 0.351 e. The zero-order valence-electron chi connectivity index (χ0n) is 18.8. The SMILES string of the molecule is CN1CCC(CCC(=O)N=CC2CCCC[C@@H]2NC(=O)c2cc3cc(Cl)ccc3[nH]2)CC1. The van der Waals surface area contributed by atoms with Crippen LogP contribution in [0.3, 0.4) is 0 Å². The van der Waals surface area contributed by atoms with E-state index in [4.69, 9.17) is 11.6 Å². The number of aliphatic imine (C=N–C) groups is 1. The number of hydrogen-bond acceptors (Lipinski definition) is 3. The highest BCUT2D eigenvalue weighted by Crippen LogP contribution is 2.25. The van der Waals surface area contributed by atoms with Gasteiger partial charge < -0.3 is 15.2 Å². The van der Waals surface area contributed by atoms with Crippen molar-refractivity contribution in [3.63, 3.8) is 0 Å². The van der Waals surface area contributed by atoms with Gasteiger partial charge in [0, 0.05) is 40.5 Å². The zero-order chi connectivity index (χ0) is 22.5. The van der Waals surface area contributed by atoms with Crippen LogP contribution in [0.5, 0.6) is 0 Å². The van der Waals surface area contributed by atoms with Gasteiger partial charge >= 0.3 is 0 Å². The van der Waals surface area contributed by atoms with Crippen LogP contribution in [0.1, 0.15) is 61.9 Å². The second-order valence-electron chi connectivity index (χ2n) is 9.40. The van der Waals surface area contributed by atoms with Crippen molar-refractivity contribution in [2.75, 3.05) is 20.1 Å². The van der Waals surface area contributed by atoms with Crippen molar-refractivity contribution in [2.45, 2.75) is 57.4 Å². The van der Waals surface area contributed by atoms with Crippen LogP contribution in [0, 0.1) is 11.8 Å². The second kappa shape index (κ2) is 10.6. The maximum atomic E-state index is 12.9. The van der Waals surface area contributed by atoms with E-state index in [2.05, 4.69) is 27.2 Å². The van der Waals surface area contributed by atoms with Gasteiger partial charge in [0.05, 0.1) is 0 Å². The molecule has 7 heteroatoms. The highest BCUT2D eigenvalue weighted by Gasteiger charge is 2.26. The maximum Gasteiger partial charge on any atom is 0.267 e. The molecule has 1 saturated heterocycles. The van der Waals surface area contributed by atoms with E-state index in [1.165, 1.54) is 12.8 Å². The van der Waals surface area contributed by atoms with Crippen molar-refractivity contribution in [3.05, 3.63) is 35.0 Å². The van der Waals surface area contributed by atoms with Gasteiger partial charge in [-0.25, -0.2) is 4.99 Å². The number of nitrogens with zero attached hydrogens (tertiary/aromatic N) is 2. The van der Waals surface area contributed by atoms with E-state index in [0.29, 0.717) is 23.1 Å². The van der Waals surface area contributed by atoms with E-state index in [9.17, 15) is 9.59 Å². The molecule has 1 aromatic heterocycles. The summed E-state index contributed by atoms with van der Waals surface area (Å²) in [5, 5.41) is 4.72. The van der Waals surface area contributed by atoms with Crippen molar-refractivity contribution < 1.29 is 9.59 Å². The van der Waals surface area contributed by atoms with E-state index in [-0.39, 0.29) is 23.8 Å². The van der Waals surface area contributed by atoms with Crippen LogP contribution >= 0.6 is 11.6 Å². The number of nitrogens with one attached hydrogen (secondary N) is 2. The van der Waals surface area contributed by atoms with E-state index >= 15 is 0 Å². The van der Waals surface area contributed by atoms with Crippen LogP contribution in [-0.2, 0) is 4.79 Å². The normalized spacial score (nSPS) is 23.1. The van der Waals surface area contributed by atoms with Crippen LogP contribution in [0.15, 0.2) is 29.3 Å². The summed E-state index contributed by atoms with van der Waals surface area (Å²) in [7, 11) is 2.15. The van der Waals surface area contributed by atoms with Gasteiger partial charge in [-0.15, -0.1) is 0 Å². The highest BCUT2D eigenvalue weighted by molar-refractivity contribution is 6.31. The number of rotatable bonds is 6. The molecule has 0 bridgehead atoms. The van der Waals surface area contributed by atoms with Gasteiger partial charge in [0.25, 0.3) is 5.91 Å². The van der Waals surface area contributed by atoms with Gasteiger partial charge in [-0.3, -0.25) is 9.59 Å². The molecule has 1 aliphatic heterocycles. The third kappa shape index (κ3) is 5.99. The van der Waals surface area contributed by atoms with Gasteiger partial charge in [0.1, 0.15) is 5.69 Å². The molecule has 32 heavy (non-hydrogen) atoms. The predicted octanol–water partition coefficient (Wildman–Crippen LogP) is 4.83. The zero-order valence-corrected chi connectivity index (χ0v) is 19.5. The van der Waals surface area contributed by atoms with Gasteiger partial charge in [-0.1, -0.05) is 24.4 Å². The molecule has 2 aliphatic rings. The maximum absolute atomic E-state index is 12.9. The monoisotopic (exact) mass is 456 g/mol. The summed E-state index contributed by atoms with van der Waals surface area (Å²) in [6.45, 7) is 2.24. The fraction of sp³-hybridized carbons (Fsp3) is 0.560. The summed E-state index contributed by atoms with van der Waals surface area (Å²) in [4.78, 5) is 35.0. The summed E-state index contributed by atoms with van der Waals surface area (Å²) in [5.74, 6) is 0.570. The van der Waals surface area contributed by atoms with E-state index in [1.807, 2.05) is 18.2 Å². The van der Waals surface area contributed by atoms with E-state index in [1.54, 1.807) is 12.3 Å². The Kier molecular flexibility index (Phi) is 7.63. The Morgan fingerprint density at radius 3 is 2.78 bits per heavy atom. The summed E-state index contributed by atoms with van der Waals surface area (Å²) >= 11 is 6.06. The minimum absolute atomic E-state index is 0.00307. The molecule has 0 radical (unpaired) electrons. The molecule has 6 nitrogen and oxygen atoms in total. The minimum Gasteiger partial charge on any atom is -0.351 e. The Balaban J connectivity index is 1.31. The number of halogens is 1. The molecule has 4 rings (SSSR count). The number of likely N-dealkylation sites (tertiary alicyclic amines) is 1. The number of carbonyl (C=O) groups is 2. The summed E-state index contributed by atoms with van der Waals surface area (Å²) in [6, 6.07) is 7.35. The Labute approximate surface area is 194 Å². The quantitative estimate of drug-likeness (QED) is 0.611. The summed E-state index contributed by atoms with van der Waals surface area (Å²) < 4.78 is 0. The lowest BCUT2D eigenvalue weighted by Crippen LogP contribution is -2.43. The third-order valence-electron chi connectivity index (χ3n) is 6.98. The molecule has 1 unspecified atom stereocenters. The Morgan fingerprint density at radius 1 is 1.19 bits per heavy atom. The minimum atomic E-state index is -0.129. The van der Waals surface area contributed by atoms with E-state index in [0.717, 1.165) is 56.1 Å². The van der Waals surface area contributed by atoms with Crippen LogP contribution in [-0.4, -0.2) is 54.1 Å². The average Bonchev–Trinajstić information content (AvgIpc) is 3.21. The molecule has 2 fully saturated rings. The van der Waals surface area contributed by atoms with Crippen LogP contribution < -0.4 is 5.32 Å². The number of amides is 2. The number of piperidine rings is 1. The topological polar surface area (TPSA) is 77.6 Å². The highest BCUT2D eigenvalue weighted by atomic mass is 35.5. The Bertz CT molecular complexity index is 977. The molecular weight excluding hydrogens is 424 g/mol.